The zero-order valence-electron chi connectivity index (χ0n) is 14.6. The zero-order valence-corrected chi connectivity index (χ0v) is 14.6. The number of aryl methyl sites for hydroxylation is 2. The van der Waals surface area contributed by atoms with Crippen LogP contribution in [0, 0.1) is 0 Å². The fourth-order valence-corrected chi connectivity index (χ4v) is 2.81. The van der Waals surface area contributed by atoms with Gasteiger partial charge in [0, 0.05) is 24.5 Å². The van der Waals surface area contributed by atoms with E-state index in [2.05, 4.69) is 34.1 Å². The summed E-state index contributed by atoms with van der Waals surface area (Å²) in [4.78, 5) is 25.7. The topological polar surface area (TPSA) is 67.8 Å². The normalized spacial score (nSPS) is 10.8. The van der Waals surface area contributed by atoms with Gasteiger partial charge in [-0.25, -0.2) is 9.97 Å². The van der Waals surface area contributed by atoms with Gasteiger partial charge in [0.2, 0.25) is 0 Å². The van der Waals surface area contributed by atoms with Crippen molar-refractivity contribution in [3.63, 3.8) is 0 Å². The molecule has 3 aromatic rings. The maximum absolute atomic E-state index is 12.4. The molecule has 1 aromatic carbocycles. The van der Waals surface area contributed by atoms with Gasteiger partial charge in [-0.15, -0.1) is 0 Å². The molecule has 0 bridgehead atoms. The average Bonchev–Trinajstić information content (AvgIpc) is 2.67. The van der Waals surface area contributed by atoms with E-state index < -0.39 is 0 Å². The summed E-state index contributed by atoms with van der Waals surface area (Å²) in [7, 11) is 0. The van der Waals surface area contributed by atoms with Gasteiger partial charge in [-0.3, -0.25) is 9.78 Å². The van der Waals surface area contributed by atoms with Crippen molar-refractivity contribution in [2.45, 2.75) is 33.1 Å². The fraction of sp³-hybridized carbons (Fsp3) is 0.300. The molecule has 2 heterocycles. The lowest BCUT2D eigenvalue weighted by atomic mass is 10.1. The maximum Gasteiger partial charge on any atom is 0.251 e. The van der Waals surface area contributed by atoms with E-state index in [-0.39, 0.29) is 5.91 Å². The molecule has 1 N–H and O–H groups in total. The Bertz CT molecular complexity index is 878. The SMILES string of the molecule is CCc1nc2ccc(C(=O)NCCc3ccncc3)cc2nc1CC. The van der Waals surface area contributed by atoms with Crippen LogP contribution in [0.25, 0.3) is 11.0 Å². The van der Waals surface area contributed by atoms with Crippen LogP contribution in [0.2, 0.25) is 0 Å². The molecule has 1 amide bonds. The highest BCUT2D eigenvalue weighted by atomic mass is 16.1. The molecule has 0 aliphatic heterocycles. The average molecular weight is 334 g/mol. The second-order valence-electron chi connectivity index (χ2n) is 5.89. The molecule has 0 spiro atoms. The maximum atomic E-state index is 12.4. The summed E-state index contributed by atoms with van der Waals surface area (Å²) >= 11 is 0. The van der Waals surface area contributed by atoms with Crippen LogP contribution in [0.15, 0.2) is 42.7 Å². The number of aromatic nitrogens is 3. The van der Waals surface area contributed by atoms with Gasteiger partial charge in [-0.1, -0.05) is 13.8 Å². The van der Waals surface area contributed by atoms with Gasteiger partial charge < -0.3 is 5.32 Å². The third kappa shape index (κ3) is 3.99. The van der Waals surface area contributed by atoms with E-state index in [1.807, 2.05) is 30.3 Å². The Morgan fingerprint density at radius 1 is 0.960 bits per heavy atom. The fourth-order valence-electron chi connectivity index (χ4n) is 2.81. The van der Waals surface area contributed by atoms with Crippen LogP contribution in [0.3, 0.4) is 0 Å². The molecular formula is C20H22N4O. The van der Waals surface area contributed by atoms with E-state index in [4.69, 9.17) is 0 Å². The largest absolute Gasteiger partial charge is 0.352 e. The first-order chi connectivity index (χ1) is 12.2. The Kier molecular flexibility index (Phi) is 5.33. The highest BCUT2D eigenvalue weighted by Gasteiger charge is 2.10. The molecule has 0 aliphatic rings. The summed E-state index contributed by atoms with van der Waals surface area (Å²) in [5.41, 5.74) is 5.41. The van der Waals surface area contributed by atoms with E-state index in [1.54, 1.807) is 12.4 Å². The van der Waals surface area contributed by atoms with Crippen LogP contribution in [0.5, 0.6) is 0 Å². The van der Waals surface area contributed by atoms with Crippen molar-refractivity contribution in [2.24, 2.45) is 0 Å². The summed E-state index contributed by atoms with van der Waals surface area (Å²) in [5, 5.41) is 2.96. The second-order valence-corrected chi connectivity index (χ2v) is 5.89. The summed E-state index contributed by atoms with van der Waals surface area (Å²) in [6.45, 7) is 4.74. The molecule has 2 aromatic heterocycles. The number of benzene rings is 1. The van der Waals surface area contributed by atoms with Crippen LogP contribution < -0.4 is 5.32 Å². The summed E-state index contributed by atoms with van der Waals surface area (Å²) < 4.78 is 0. The quantitative estimate of drug-likeness (QED) is 0.752. The number of amides is 1. The van der Waals surface area contributed by atoms with Crippen LogP contribution >= 0.6 is 0 Å². The Balaban J connectivity index is 1.73. The van der Waals surface area contributed by atoms with Crippen molar-refractivity contribution in [2.75, 3.05) is 6.54 Å². The van der Waals surface area contributed by atoms with Crippen molar-refractivity contribution >= 4 is 16.9 Å². The van der Waals surface area contributed by atoms with Gasteiger partial charge in [0.25, 0.3) is 5.91 Å². The van der Waals surface area contributed by atoms with E-state index in [9.17, 15) is 4.79 Å². The van der Waals surface area contributed by atoms with E-state index in [0.29, 0.717) is 12.1 Å². The van der Waals surface area contributed by atoms with Crippen molar-refractivity contribution in [1.29, 1.82) is 0 Å². The number of rotatable bonds is 6. The molecule has 3 rings (SSSR count). The predicted molar refractivity (Wildman–Crippen MR) is 98.6 cm³/mol. The van der Waals surface area contributed by atoms with Gasteiger partial charge >= 0.3 is 0 Å². The summed E-state index contributed by atoms with van der Waals surface area (Å²) in [6.07, 6.45) is 6.00. The van der Waals surface area contributed by atoms with Crippen molar-refractivity contribution < 1.29 is 4.79 Å². The monoisotopic (exact) mass is 334 g/mol. The first-order valence-corrected chi connectivity index (χ1v) is 8.68. The predicted octanol–water partition coefficient (Wildman–Crippen LogP) is 3.12. The van der Waals surface area contributed by atoms with Gasteiger partial charge in [-0.05, 0) is 55.2 Å². The number of carbonyl (C=O) groups excluding carboxylic acids is 1. The molecule has 0 atom stereocenters. The van der Waals surface area contributed by atoms with Crippen LogP contribution in [-0.4, -0.2) is 27.4 Å². The van der Waals surface area contributed by atoms with Gasteiger partial charge in [0.05, 0.1) is 22.4 Å². The Morgan fingerprint density at radius 3 is 2.32 bits per heavy atom. The van der Waals surface area contributed by atoms with Crippen molar-refractivity contribution in [1.82, 2.24) is 20.3 Å². The number of fused-ring (bicyclic) bond motifs is 1. The number of nitrogens with one attached hydrogen (secondary N) is 1. The standard InChI is InChI=1S/C20H22N4O/c1-3-16-17(4-2)24-19-13-15(5-6-18(19)23-16)20(25)22-12-9-14-7-10-21-11-8-14/h5-8,10-11,13H,3-4,9,12H2,1-2H3,(H,22,25). The second kappa shape index (κ2) is 7.83. The van der Waals surface area contributed by atoms with E-state index >= 15 is 0 Å². The molecule has 5 nitrogen and oxygen atoms in total. The third-order valence-corrected chi connectivity index (χ3v) is 4.20. The Hall–Kier alpha value is -2.82. The summed E-state index contributed by atoms with van der Waals surface area (Å²) in [6, 6.07) is 9.41. The Labute approximate surface area is 147 Å². The number of pyridine rings is 1. The van der Waals surface area contributed by atoms with Crippen molar-refractivity contribution in [3.05, 3.63) is 65.2 Å². The lowest BCUT2D eigenvalue weighted by Crippen LogP contribution is -2.25. The number of hydrogen-bond acceptors (Lipinski definition) is 4. The first-order valence-electron chi connectivity index (χ1n) is 8.68. The molecule has 0 saturated heterocycles. The zero-order chi connectivity index (χ0) is 17.6. The van der Waals surface area contributed by atoms with Gasteiger partial charge in [0.15, 0.2) is 0 Å². The number of hydrogen-bond donors (Lipinski definition) is 1. The molecule has 25 heavy (non-hydrogen) atoms. The lowest BCUT2D eigenvalue weighted by Gasteiger charge is -2.09. The summed E-state index contributed by atoms with van der Waals surface area (Å²) in [5.74, 6) is -0.0876. The molecule has 128 valence electrons. The molecule has 0 unspecified atom stereocenters. The van der Waals surface area contributed by atoms with Gasteiger partial charge in [-0.2, -0.15) is 0 Å². The van der Waals surface area contributed by atoms with Crippen molar-refractivity contribution in [3.8, 4) is 0 Å². The molecule has 0 aliphatic carbocycles. The molecule has 0 fully saturated rings. The molecular weight excluding hydrogens is 312 g/mol. The minimum Gasteiger partial charge on any atom is -0.352 e. The first kappa shape index (κ1) is 17.0. The van der Waals surface area contributed by atoms with Gasteiger partial charge in [0.1, 0.15) is 0 Å². The highest BCUT2D eigenvalue weighted by molar-refractivity contribution is 5.97. The minimum atomic E-state index is -0.0876. The lowest BCUT2D eigenvalue weighted by molar-refractivity contribution is 0.0954. The smallest absolute Gasteiger partial charge is 0.251 e. The molecule has 0 radical (unpaired) electrons. The number of nitrogens with zero attached hydrogens (tertiary/aromatic N) is 3. The van der Waals surface area contributed by atoms with Crippen LogP contribution in [0.4, 0.5) is 0 Å². The molecule has 5 heteroatoms. The van der Waals surface area contributed by atoms with Crippen LogP contribution in [-0.2, 0) is 19.3 Å². The number of carbonyl (C=O) groups is 1. The highest BCUT2D eigenvalue weighted by Crippen LogP contribution is 2.16. The third-order valence-electron chi connectivity index (χ3n) is 4.20. The Morgan fingerprint density at radius 2 is 1.64 bits per heavy atom. The van der Waals surface area contributed by atoms with E-state index in [0.717, 1.165) is 47.2 Å². The molecule has 0 saturated carbocycles. The van der Waals surface area contributed by atoms with Crippen LogP contribution in [0.1, 0.15) is 41.2 Å². The minimum absolute atomic E-state index is 0.0876. The van der Waals surface area contributed by atoms with E-state index in [1.165, 1.54) is 0 Å².